The van der Waals surface area contributed by atoms with Crippen molar-refractivity contribution in [1.29, 1.82) is 0 Å². The molecular formula is C23H30N4O3. The third-order valence-corrected chi connectivity index (χ3v) is 5.88. The standard InChI is InChI=1S/C23H30N4O3/c1-23(2)17-26(9-10-27(23)19-5-4-6-20(15-19)29-3)21-8-7-18(16-24-21)22(28)25-11-13-30-14-12-25/h4-8,15-16H,9-14,17H2,1-3H3. The maximum Gasteiger partial charge on any atom is 0.255 e. The van der Waals surface area contributed by atoms with Gasteiger partial charge in [-0.3, -0.25) is 4.79 Å². The molecule has 2 aliphatic rings. The van der Waals surface area contributed by atoms with Crippen molar-refractivity contribution >= 4 is 17.4 Å². The average molecular weight is 411 g/mol. The topological polar surface area (TPSA) is 58.1 Å². The SMILES string of the molecule is COc1cccc(N2CCN(c3ccc(C(=O)N4CCOCC4)cn3)CC2(C)C)c1. The van der Waals surface area contributed by atoms with E-state index in [9.17, 15) is 4.79 Å². The molecule has 1 aromatic carbocycles. The van der Waals surface area contributed by atoms with Gasteiger partial charge in [0.1, 0.15) is 11.6 Å². The zero-order valence-corrected chi connectivity index (χ0v) is 18.0. The number of benzene rings is 1. The predicted octanol–water partition coefficient (Wildman–Crippen LogP) is 2.67. The number of methoxy groups -OCH3 is 1. The average Bonchev–Trinajstić information content (AvgIpc) is 2.78. The van der Waals surface area contributed by atoms with Gasteiger partial charge in [0.25, 0.3) is 5.91 Å². The number of carbonyl (C=O) groups excluding carboxylic acids is 1. The van der Waals surface area contributed by atoms with Crippen LogP contribution in [0.25, 0.3) is 0 Å². The summed E-state index contributed by atoms with van der Waals surface area (Å²) in [6, 6.07) is 12.1. The molecule has 4 rings (SSSR count). The Kier molecular flexibility index (Phi) is 5.81. The number of amides is 1. The number of aromatic nitrogens is 1. The molecule has 7 heteroatoms. The molecule has 1 aromatic heterocycles. The lowest BCUT2D eigenvalue weighted by molar-refractivity contribution is 0.0302. The number of hydrogen-bond acceptors (Lipinski definition) is 6. The summed E-state index contributed by atoms with van der Waals surface area (Å²) < 4.78 is 10.7. The Labute approximate surface area is 178 Å². The molecule has 2 saturated heterocycles. The van der Waals surface area contributed by atoms with Gasteiger partial charge in [-0.05, 0) is 38.1 Å². The van der Waals surface area contributed by atoms with Crippen molar-refractivity contribution in [3.05, 3.63) is 48.2 Å². The molecule has 0 bridgehead atoms. The summed E-state index contributed by atoms with van der Waals surface area (Å²) in [6.45, 7) is 9.56. The van der Waals surface area contributed by atoms with Gasteiger partial charge >= 0.3 is 0 Å². The van der Waals surface area contributed by atoms with E-state index in [2.05, 4.69) is 40.8 Å². The van der Waals surface area contributed by atoms with Crippen LogP contribution in [-0.4, -0.2) is 74.4 Å². The molecule has 0 radical (unpaired) electrons. The second-order valence-electron chi connectivity index (χ2n) is 8.40. The van der Waals surface area contributed by atoms with Crippen LogP contribution in [0.4, 0.5) is 11.5 Å². The second kappa shape index (κ2) is 8.52. The monoisotopic (exact) mass is 410 g/mol. The van der Waals surface area contributed by atoms with Gasteiger partial charge in [-0.1, -0.05) is 6.07 Å². The van der Waals surface area contributed by atoms with Gasteiger partial charge in [0.15, 0.2) is 0 Å². The number of piperazine rings is 1. The van der Waals surface area contributed by atoms with E-state index in [4.69, 9.17) is 9.47 Å². The molecule has 0 aliphatic carbocycles. The molecule has 7 nitrogen and oxygen atoms in total. The van der Waals surface area contributed by atoms with Gasteiger partial charge in [0, 0.05) is 50.7 Å². The summed E-state index contributed by atoms with van der Waals surface area (Å²) in [5.41, 5.74) is 1.72. The van der Waals surface area contributed by atoms with Crippen LogP contribution in [0.3, 0.4) is 0 Å². The molecule has 0 saturated carbocycles. The number of hydrogen-bond donors (Lipinski definition) is 0. The Morgan fingerprint density at radius 3 is 2.57 bits per heavy atom. The third-order valence-electron chi connectivity index (χ3n) is 5.88. The van der Waals surface area contributed by atoms with E-state index in [0.29, 0.717) is 31.9 Å². The van der Waals surface area contributed by atoms with Crippen molar-refractivity contribution in [2.45, 2.75) is 19.4 Å². The lowest BCUT2D eigenvalue weighted by Gasteiger charge is -2.49. The number of anilines is 2. The summed E-state index contributed by atoms with van der Waals surface area (Å²) in [6.07, 6.45) is 1.70. The molecule has 160 valence electrons. The van der Waals surface area contributed by atoms with Crippen LogP contribution in [0.1, 0.15) is 24.2 Å². The maximum atomic E-state index is 12.6. The Morgan fingerprint density at radius 2 is 1.90 bits per heavy atom. The summed E-state index contributed by atoms with van der Waals surface area (Å²) in [5.74, 6) is 1.81. The predicted molar refractivity (Wildman–Crippen MR) is 118 cm³/mol. The number of pyridine rings is 1. The highest BCUT2D eigenvalue weighted by Gasteiger charge is 2.34. The van der Waals surface area contributed by atoms with Crippen molar-refractivity contribution < 1.29 is 14.3 Å². The minimum Gasteiger partial charge on any atom is -0.497 e. The highest BCUT2D eigenvalue weighted by molar-refractivity contribution is 5.94. The molecule has 3 heterocycles. The summed E-state index contributed by atoms with van der Waals surface area (Å²) in [7, 11) is 1.70. The van der Waals surface area contributed by atoms with Gasteiger partial charge in [0.05, 0.1) is 31.4 Å². The number of ether oxygens (including phenoxy) is 2. The van der Waals surface area contributed by atoms with E-state index < -0.39 is 0 Å². The first kappa shape index (κ1) is 20.5. The lowest BCUT2D eigenvalue weighted by Crippen LogP contribution is -2.60. The van der Waals surface area contributed by atoms with E-state index in [0.717, 1.165) is 31.2 Å². The van der Waals surface area contributed by atoms with Crippen LogP contribution in [0, 0.1) is 0 Å². The zero-order valence-electron chi connectivity index (χ0n) is 18.0. The van der Waals surface area contributed by atoms with Crippen molar-refractivity contribution in [3.63, 3.8) is 0 Å². The molecule has 0 spiro atoms. The summed E-state index contributed by atoms with van der Waals surface area (Å²) in [4.78, 5) is 23.8. The fourth-order valence-electron chi connectivity index (χ4n) is 4.26. The van der Waals surface area contributed by atoms with Gasteiger partial charge < -0.3 is 24.2 Å². The smallest absolute Gasteiger partial charge is 0.255 e. The Balaban J connectivity index is 1.45. The van der Waals surface area contributed by atoms with Crippen LogP contribution in [0.5, 0.6) is 5.75 Å². The summed E-state index contributed by atoms with van der Waals surface area (Å²) in [5, 5.41) is 0. The third kappa shape index (κ3) is 4.21. The van der Waals surface area contributed by atoms with E-state index in [1.807, 2.05) is 29.2 Å². The van der Waals surface area contributed by atoms with E-state index in [-0.39, 0.29) is 11.4 Å². The van der Waals surface area contributed by atoms with Crippen LogP contribution < -0.4 is 14.5 Å². The molecule has 2 fully saturated rings. The number of nitrogens with zero attached hydrogens (tertiary/aromatic N) is 4. The minimum absolute atomic E-state index is 0.0283. The van der Waals surface area contributed by atoms with Crippen LogP contribution in [-0.2, 0) is 4.74 Å². The largest absolute Gasteiger partial charge is 0.497 e. The lowest BCUT2D eigenvalue weighted by atomic mass is 9.97. The van der Waals surface area contributed by atoms with Crippen LogP contribution in [0.15, 0.2) is 42.6 Å². The Bertz CT molecular complexity index is 878. The highest BCUT2D eigenvalue weighted by atomic mass is 16.5. The zero-order chi connectivity index (χ0) is 21.1. The quantitative estimate of drug-likeness (QED) is 0.773. The molecule has 2 aromatic rings. The first-order valence-corrected chi connectivity index (χ1v) is 10.5. The molecule has 0 unspecified atom stereocenters. The molecule has 2 aliphatic heterocycles. The van der Waals surface area contributed by atoms with Gasteiger partial charge in [-0.2, -0.15) is 0 Å². The molecular weight excluding hydrogens is 380 g/mol. The van der Waals surface area contributed by atoms with Crippen LogP contribution in [0.2, 0.25) is 0 Å². The number of morpholine rings is 1. The maximum absolute atomic E-state index is 12.6. The normalized spacial score (nSPS) is 19.0. The first-order chi connectivity index (χ1) is 14.5. The van der Waals surface area contributed by atoms with Gasteiger partial charge in [-0.15, -0.1) is 0 Å². The van der Waals surface area contributed by atoms with Crippen molar-refractivity contribution in [2.24, 2.45) is 0 Å². The van der Waals surface area contributed by atoms with Crippen molar-refractivity contribution in [1.82, 2.24) is 9.88 Å². The minimum atomic E-state index is -0.0748. The molecule has 0 atom stereocenters. The van der Waals surface area contributed by atoms with Crippen molar-refractivity contribution in [2.75, 3.05) is 62.8 Å². The number of carbonyl (C=O) groups is 1. The van der Waals surface area contributed by atoms with Gasteiger partial charge in [0.2, 0.25) is 0 Å². The second-order valence-corrected chi connectivity index (χ2v) is 8.40. The fourth-order valence-corrected chi connectivity index (χ4v) is 4.26. The fraction of sp³-hybridized carbons (Fsp3) is 0.478. The van der Waals surface area contributed by atoms with Crippen molar-refractivity contribution in [3.8, 4) is 5.75 Å². The van der Waals surface area contributed by atoms with Gasteiger partial charge in [-0.25, -0.2) is 4.98 Å². The number of rotatable bonds is 4. The molecule has 1 amide bonds. The molecule has 30 heavy (non-hydrogen) atoms. The summed E-state index contributed by atoms with van der Waals surface area (Å²) >= 11 is 0. The van der Waals surface area contributed by atoms with Crippen LogP contribution >= 0.6 is 0 Å². The Hall–Kier alpha value is -2.80. The van der Waals surface area contributed by atoms with E-state index in [1.54, 1.807) is 13.3 Å². The first-order valence-electron chi connectivity index (χ1n) is 10.5. The van der Waals surface area contributed by atoms with E-state index in [1.165, 1.54) is 5.69 Å². The Morgan fingerprint density at radius 1 is 1.10 bits per heavy atom. The van der Waals surface area contributed by atoms with E-state index >= 15 is 0 Å². The highest BCUT2D eigenvalue weighted by Crippen LogP contribution is 2.31. The molecule has 0 N–H and O–H groups in total.